The summed E-state index contributed by atoms with van der Waals surface area (Å²) in [5, 5.41) is 0. The van der Waals surface area contributed by atoms with E-state index in [1.54, 1.807) is 12.4 Å². The molecule has 1 aromatic heterocycles. The lowest BCUT2D eigenvalue weighted by Gasteiger charge is -2.31. The average molecular weight is 249 g/mol. The molecule has 0 aliphatic carbocycles. The number of hydrogen-bond donors (Lipinski definition) is 0. The molecule has 0 spiro atoms. The van der Waals surface area contributed by atoms with Gasteiger partial charge in [0.15, 0.2) is 0 Å². The fraction of sp³-hybridized carbons (Fsp3) is 0.615. The smallest absolute Gasteiger partial charge is 0.302 e. The number of carbonyl (C=O) groups is 1. The van der Waals surface area contributed by atoms with E-state index in [-0.39, 0.29) is 5.97 Å². The maximum absolute atomic E-state index is 10.7. The van der Waals surface area contributed by atoms with E-state index < -0.39 is 0 Å². The lowest BCUT2D eigenvalue weighted by molar-refractivity contribution is -0.141. The number of piperidine rings is 1. The molecule has 1 aliphatic heterocycles. The first-order valence-electron chi connectivity index (χ1n) is 6.41. The standard InChI is InChI=1S/C13H19N3O2/c1-11(17)18-10-5-12-3-8-16(9-4-12)13-14-6-2-7-15-13/h2,6-7,12H,3-5,8-10H2,1H3. The Morgan fingerprint density at radius 1 is 1.39 bits per heavy atom. The number of esters is 1. The third kappa shape index (κ3) is 3.68. The van der Waals surface area contributed by atoms with Gasteiger partial charge in [-0.05, 0) is 31.2 Å². The SMILES string of the molecule is CC(=O)OCCC1CCN(c2ncccn2)CC1. The summed E-state index contributed by atoms with van der Waals surface area (Å²) < 4.78 is 4.98. The van der Waals surface area contributed by atoms with Gasteiger partial charge < -0.3 is 9.64 Å². The zero-order chi connectivity index (χ0) is 12.8. The Kier molecular flexibility index (Phi) is 4.50. The van der Waals surface area contributed by atoms with E-state index in [1.165, 1.54) is 6.92 Å². The van der Waals surface area contributed by atoms with Crippen LogP contribution in [0.2, 0.25) is 0 Å². The molecule has 0 aromatic carbocycles. The highest BCUT2D eigenvalue weighted by Crippen LogP contribution is 2.22. The van der Waals surface area contributed by atoms with Gasteiger partial charge >= 0.3 is 5.97 Å². The zero-order valence-electron chi connectivity index (χ0n) is 10.7. The molecule has 0 radical (unpaired) electrons. The number of aromatic nitrogens is 2. The van der Waals surface area contributed by atoms with E-state index in [9.17, 15) is 4.79 Å². The van der Waals surface area contributed by atoms with Crippen LogP contribution in [0.25, 0.3) is 0 Å². The predicted octanol–water partition coefficient (Wildman–Crippen LogP) is 1.65. The minimum absolute atomic E-state index is 0.190. The lowest BCUT2D eigenvalue weighted by Crippen LogP contribution is -2.35. The van der Waals surface area contributed by atoms with E-state index in [0.717, 1.165) is 38.3 Å². The Morgan fingerprint density at radius 2 is 2.06 bits per heavy atom. The molecule has 0 bridgehead atoms. The van der Waals surface area contributed by atoms with Crippen LogP contribution in [-0.4, -0.2) is 35.6 Å². The van der Waals surface area contributed by atoms with Crippen molar-refractivity contribution in [3.63, 3.8) is 0 Å². The van der Waals surface area contributed by atoms with E-state index in [0.29, 0.717) is 12.5 Å². The summed E-state index contributed by atoms with van der Waals surface area (Å²) in [6.07, 6.45) is 6.73. The lowest BCUT2D eigenvalue weighted by atomic mass is 9.94. The molecule has 1 fully saturated rings. The average Bonchev–Trinajstić information content (AvgIpc) is 2.40. The summed E-state index contributed by atoms with van der Waals surface area (Å²) in [5.74, 6) is 1.27. The molecule has 98 valence electrons. The van der Waals surface area contributed by atoms with Crippen molar-refractivity contribution in [2.24, 2.45) is 5.92 Å². The maximum atomic E-state index is 10.7. The van der Waals surface area contributed by atoms with Crippen molar-refractivity contribution < 1.29 is 9.53 Å². The minimum Gasteiger partial charge on any atom is -0.466 e. The normalized spacial score (nSPS) is 16.6. The molecule has 5 nitrogen and oxygen atoms in total. The molecule has 0 amide bonds. The molecule has 0 saturated carbocycles. The second-order valence-electron chi connectivity index (χ2n) is 4.61. The van der Waals surface area contributed by atoms with Crippen LogP contribution in [0.4, 0.5) is 5.95 Å². The summed E-state index contributed by atoms with van der Waals surface area (Å²) >= 11 is 0. The highest BCUT2D eigenvalue weighted by atomic mass is 16.5. The molecule has 1 aromatic rings. The second-order valence-corrected chi connectivity index (χ2v) is 4.61. The fourth-order valence-electron chi connectivity index (χ4n) is 2.25. The van der Waals surface area contributed by atoms with Gasteiger partial charge in [-0.15, -0.1) is 0 Å². The quantitative estimate of drug-likeness (QED) is 0.759. The Morgan fingerprint density at radius 3 is 2.67 bits per heavy atom. The summed E-state index contributed by atoms with van der Waals surface area (Å²) in [6, 6.07) is 1.83. The van der Waals surface area contributed by atoms with Gasteiger partial charge in [0.1, 0.15) is 0 Å². The number of carbonyl (C=O) groups excluding carboxylic acids is 1. The molecule has 0 atom stereocenters. The van der Waals surface area contributed by atoms with Gasteiger partial charge in [-0.3, -0.25) is 4.79 Å². The Bertz CT molecular complexity index is 375. The van der Waals surface area contributed by atoms with Crippen molar-refractivity contribution in [1.82, 2.24) is 9.97 Å². The Labute approximate surface area is 107 Å². The second kappa shape index (κ2) is 6.33. The van der Waals surface area contributed by atoms with Crippen LogP contribution in [0.1, 0.15) is 26.2 Å². The highest BCUT2D eigenvalue weighted by molar-refractivity contribution is 5.65. The first-order valence-corrected chi connectivity index (χ1v) is 6.41. The van der Waals surface area contributed by atoms with E-state index >= 15 is 0 Å². The van der Waals surface area contributed by atoms with Crippen molar-refractivity contribution >= 4 is 11.9 Å². The van der Waals surface area contributed by atoms with Crippen LogP contribution in [-0.2, 0) is 9.53 Å². The molecule has 18 heavy (non-hydrogen) atoms. The van der Waals surface area contributed by atoms with Crippen LogP contribution < -0.4 is 4.90 Å². The highest BCUT2D eigenvalue weighted by Gasteiger charge is 2.20. The monoisotopic (exact) mass is 249 g/mol. The molecular formula is C13H19N3O2. The largest absolute Gasteiger partial charge is 0.466 e. The molecule has 0 N–H and O–H groups in total. The maximum Gasteiger partial charge on any atom is 0.302 e. The van der Waals surface area contributed by atoms with Gasteiger partial charge in [0.25, 0.3) is 0 Å². The number of anilines is 1. The van der Waals surface area contributed by atoms with E-state index in [2.05, 4.69) is 14.9 Å². The minimum atomic E-state index is -0.190. The molecular weight excluding hydrogens is 230 g/mol. The van der Waals surface area contributed by atoms with Crippen molar-refractivity contribution in [3.05, 3.63) is 18.5 Å². The van der Waals surface area contributed by atoms with Crippen LogP contribution in [0.3, 0.4) is 0 Å². The van der Waals surface area contributed by atoms with Crippen molar-refractivity contribution in [3.8, 4) is 0 Å². The van der Waals surface area contributed by atoms with Crippen LogP contribution in [0.5, 0.6) is 0 Å². The van der Waals surface area contributed by atoms with Gasteiger partial charge in [-0.25, -0.2) is 9.97 Å². The molecule has 1 aliphatic rings. The number of nitrogens with zero attached hydrogens (tertiary/aromatic N) is 3. The number of hydrogen-bond acceptors (Lipinski definition) is 5. The van der Waals surface area contributed by atoms with Gasteiger partial charge in [0.2, 0.25) is 5.95 Å². The Hall–Kier alpha value is -1.65. The van der Waals surface area contributed by atoms with E-state index in [4.69, 9.17) is 4.74 Å². The topological polar surface area (TPSA) is 55.3 Å². The molecule has 5 heteroatoms. The summed E-state index contributed by atoms with van der Waals surface area (Å²) in [5.41, 5.74) is 0. The molecule has 0 unspecified atom stereocenters. The van der Waals surface area contributed by atoms with Crippen molar-refractivity contribution in [2.45, 2.75) is 26.2 Å². The fourth-order valence-corrected chi connectivity index (χ4v) is 2.25. The summed E-state index contributed by atoms with van der Waals surface area (Å²) in [4.78, 5) is 21.4. The third-order valence-electron chi connectivity index (χ3n) is 3.28. The van der Waals surface area contributed by atoms with Crippen molar-refractivity contribution in [2.75, 3.05) is 24.6 Å². The van der Waals surface area contributed by atoms with Gasteiger partial charge in [-0.2, -0.15) is 0 Å². The number of rotatable bonds is 4. The zero-order valence-corrected chi connectivity index (χ0v) is 10.7. The third-order valence-corrected chi connectivity index (χ3v) is 3.28. The van der Waals surface area contributed by atoms with Gasteiger partial charge in [-0.1, -0.05) is 0 Å². The first kappa shape index (κ1) is 12.8. The summed E-state index contributed by atoms with van der Waals surface area (Å²) in [7, 11) is 0. The molecule has 2 rings (SSSR count). The predicted molar refractivity (Wildman–Crippen MR) is 68.2 cm³/mol. The van der Waals surface area contributed by atoms with Crippen LogP contribution in [0.15, 0.2) is 18.5 Å². The molecule has 2 heterocycles. The van der Waals surface area contributed by atoms with Crippen LogP contribution >= 0.6 is 0 Å². The number of ether oxygens (including phenoxy) is 1. The van der Waals surface area contributed by atoms with E-state index in [1.807, 2.05) is 6.07 Å². The Balaban J connectivity index is 1.73. The summed E-state index contributed by atoms with van der Waals surface area (Å²) in [6.45, 7) is 3.96. The first-order chi connectivity index (χ1) is 8.75. The van der Waals surface area contributed by atoms with Crippen molar-refractivity contribution in [1.29, 1.82) is 0 Å². The molecule has 1 saturated heterocycles. The van der Waals surface area contributed by atoms with Gasteiger partial charge in [0.05, 0.1) is 6.61 Å². The van der Waals surface area contributed by atoms with Gasteiger partial charge in [0, 0.05) is 32.4 Å². The van der Waals surface area contributed by atoms with Crippen LogP contribution in [0, 0.1) is 5.92 Å².